The molecule has 0 aliphatic carbocycles. The number of carbonyl (C=O) groups is 1. The van der Waals surface area contributed by atoms with Crippen LogP contribution in [0.5, 0.6) is 5.75 Å². The van der Waals surface area contributed by atoms with Gasteiger partial charge in [-0.25, -0.2) is 0 Å². The molecule has 1 amide bonds. The third kappa shape index (κ3) is 5.65. The number of amides is 1. The molecule has 0 atom stereocenters. The van der Waals surface area contributed by atoms with E-state index in [0.717, 1.165) is 16.2 Å². The lowest BCUT2D eigenvalue weighted by Crippen LogP contribution is -2.30. The maximum Gasteiger partial charge on any atom is 0.226 e. The Balaban J connectivity index is 1.36. The van der Waals surface area contributed by atoms with Gasteiger partial charge < -0.3 is 14.2 Å². The Morgan fingerprint density at radius 3 is 2.96 bits per heavy atom. The van der Waals surface area contributed by atoms with Gasteiger partial charge in [0.05, 0.1) is 11.4 Å². The number of benzene rings is 1. The predicted molar refractivity (Wildman–Crippen MR) is 105 cm³/mol. The van der Waals surface area contributed by atoms with Gasteiger partial charge in [-0.05, 0) is 42.5 Å². The minimum Gasteiger partial charge on any atom is -0.492 e. The van der Waals surface area contributed by atoms with Crippen molar-refractivity contribution in [1.29, 1.82) is 0 Å². The van der Waals surface area contributed by atoms with Crippen LogP contribution < -0.4 is 4.74 Å². The van der Waals surface area contributed by atoms with Gasteiger partial charge in [-0.1, -0.05) is 23.4 Å². The van der Waals surface area contributed by atoms with Crippen LogP contribution in [0.15, 0.2) is 46.3 Å². The fourth-order valence-corrected chi connectivity index (χ4v) is 3.22. The van der Waals surface area contributed by atoms with Crippen molar-refractivity contribution in [3.8, 4) is 16.5 Å². The maximum atomic E-state index is 12.2. The van der Waals surface area contributed by atoms with Crippen molar-refractivity contribution in [2.45, 2.75) is 26.2 Å². The summed E-state index contributed by atoms with van der Waals surface area (Å²) in [5, 5.41) is 5.95. The molecule has 3 aromatic rings. The summed E-state index contributed by atoms with van der Waals surface area (Å²) in [5.41, 5.74) is 1.15. The maximum absolute atomic E-state index is 12.2. The second kappa shape index (κ2) is 9.32. The van der Waals surface area contributed by atoms with Crippen molar-refractivity contribution in [2.24, 2.45) is 0 Å². The monoisotopic (exact) mass is 385 g/mol. The van der Waals surface area contributed by atoms with Gasteiger partial charge in [0.1, 0.15) is 12.4 Å². The number of hydrogen-bond donors (Lipinski definition) is 0. The van der Waals surface area contributed by atoms with Crippen molar-refractivity contribution in [3.05, 3.63) is 53.2 Å². The fourth-order valence-electron chi connectivity index (χ4n) is 2.57. The van der Waals surface area contributed by atoms with E-state index in [1.165, 1.54) is 0 Å². The van der Waals surface area contributed by atoms with E-state index in [1.807, 2.05) is 48.7 Å². The van der Waals surface area contributed by atoms with Crippen molar-refractivity contribution in [2.75, 3.05) is 20.2 Å². The highest BCUT2D eigenvalue weighted by atomic mass is 32.1. The first-order valence-electron chi connectivity index (χ1n) is 8.92. The van der Waals surface area contributed by atoms with E-state index in [9.17, 15) is 4.79 Å². The molecule has 0 fully saturated rings. The van der Waals surface area contributed by atoms with Crippen LogP contribution in [-0.2, 0) is 11.2 Å². The van der Waals surface area contributed by atoms with Crippen LogP contribution in [0, 0.1) is 6.92 Å². The van der Waals surface area contributed by atoms with Gasteiger partial charge in [0.2, 0.25) is 17.6 Å². The SMILES string of the molecule is Cc1cccc(OCCN(C)C(=O)CCCc2nc(-c3cccs3)no2)c1. The molecule has 0 unspecified atom stereocenters. The van der Waals surface area contributed by atoms with Crippen LogP contribution in [0.3, 0.4) is 0 Å². The van der Waals surface area contributed by atoms with E-state index in [4.69, 9.17) is 9.26 Å². The van der Waals surface area contributed by atoms with Gasteiger partial charge in [0, 0.05) is 19.9 Å². The smallest absolute Gasteiger partial charge is 0.226 e. The van der Waals surface area contributed by atoms with Crippen LogP contribution in [0.4, 0.5) is 0 Å². The standard InChI is InChI=1S/C20H23N3O3S/c1-15-6-3-7-16(14-15)25-12-11-23(2)19(24)10-4-9-18-21-20(22-26-18)17-8-5-13-27-17/h3,5-8,13-14H,4,9-12H2,1-2H3. The molecule has 0 saturated carbocycles. The lowest BCUT2D eigenvalue weighted by Gasteiger charge is -2.17. The molecule has 0 spiro atoms. The van der Waals surface area contributed by atoms with Gasteiger partial charge in [-0.15, -0.1) is 11.3 Å². The van der Waals surface area contributed by atoms with E-state index in [2.05, 4.69) is 10.1 Å². The molecule has 6 nitrogen and oxygen atoms in total. The summed E-state index contributed by atoms with van der Waals surface area (Å²) in [5.74, 6) is 2.09. The Bertz CT molecular complexity index is 861. The van der Waals surface area contributed by atoms with E-state index in [1.54, 1.807) is 23.3 Å². The summed E-state index contributed by atoms with van der Waals surface area (Å²) in [7, 11) is 1.80. The first-order chi connectivity index (χ1) is 13.1. The van der Waals surface area contributed by atoms with Crippen molar-refractivity contribution >= 4 is 17.2 Å². The highest BCUT2D eigenvalue weighted by molar-refractivity contribution is 7.13. The number of nitrogens with zero attached hydrogens (tertiary/aromatic N) is 3. The topological polar surface area (TPSA) is 68.5 Å². The van der Waals surface area contributed by atoms with Crippen LogP contribution in [-0.4, -0.2) is 41.1 Å². The zero-order chi connectivity index (χ0) is 19.1. The normalized spacial score (nSPS) is 10.7. The number of carbonyl (C=O) groups excluding carboxylic acids is 1. The molecule has 0 saturated heterocycles. The van der Waals surface area contributed by atoms with E-state index in [0.29, 0.717) is 44.1 Å². The first kappa shape index (κ1) is 19.1. The third-order valence-electron chi connectivity index (χ3n) is 4.10. The molecule has 1 aromatic carbocycles. The summed E-state index contributed by atoms with van der Waals surface area (Å²) in [6.45, 7) is 3.05. The minimum atomic E-state index is 0.0841. The quantitative estimate of drug-likeness (QED) is 0.557. The van der Waals surface area contributed by atoms with Crippen LogP contribution in [0.25, 0.3) is 10.7 Å². The summed E-state index contributed by atoms with van der Waals surface area (Å²) >= 11 is 1.57. The van der Waals surface area contributed by atoms with Gasteiger partial charge in [-0.3, -0.25) is 4.79 Å². The number of rotatable bonds is 9. The van der Waals surface area contributed by atoms with Gasteiger partial charge in [-0.2, -0.15) is 4.98 Å². The zero-order valence-corrected chi connectivity index (χ0v) is 16.4. The molecule has 0 aliphatic rings. The second-order valence-electron chi connectivity index (χ2n) is 6.32. The zero-order valence-electron chi connectivity index (χ0n) is 15.6. The highest BCUT2D eigenvalue weighted by Crippen LogP contribution is 2.21. The Labute approximate surface area is 162 Å². The average Bonchev–Trinajstić information content (AvgIpc) is 3.33. The molecule has 3 rings (SSSR count). The summed E-state index contributed by atoms with van der Waals surface area (Å²) in [6.07, 6.45) is 1.71. The lowest BCUT2D eigenvalue weighted by molar-refractivity contribution is -0.130. The number of aromatic nitrogens is 2. The van der Waals surface area contributed by atoms with E-state index < -0.39 is 0 Å². The predicted octanol–water partition coefficient (Wildman–Crippen LogP) is 3.97. The Morgan fingerprint density at radius 2 is 2.19 bits per heavy atom. The number of likely N-dealkylation sites (N-methyl/N-ethyl adjacent to an activating group) is 1. The first-order valence-corrected chi connectivity index (χ1v) is 9.79. The molecule has 0 radical (unpaired) electrons. The summed E-state index contributed by atoms with van der Waals surface area (Å²) < 4.78 is 10.9. The third-order valence-corrected chi connectivity index (χ3v) is 4.97. The Kier molecular flexibility index (Phi) is 6.59. The fraction of sp³-hybridized carbons (Fsp3) is 0.350. The molecule has 0 N–H and O–H groups in total. The van der Waals surface area contributed by atoms with E-state index in [-0.39, 0.29) is 5.91 Å². The van der Waals surface area contributed by atoms with Crippen molar-refractivity contribution in [3.63, 3.8) is 0 Å². The summed E-state index contributed by atoms with van der Waals surface area (Å²) in [6, 6.07) is 11.8. The Morgan fingerprint density at radius 1 is 1.30 bits per heavy atom. The van der Waals surface area contributed by atoms with Crippen molar-refractivity contribution < 1.29 is 14.1 Å². The van der Waals surface area contributed by atoms with E-state index >= 15 is 0 Å². The summed E-state index contributed by atoms with van der Waals surface area (Å²) in [4.78, 5) is 19.3. The van der Waals surface area contributed by atoms with Crippen molar-refractivity contribution in [1.82, 2.24) is 15.0 Å². The molecule has 2 aromatic heterocycles. The Hall–Kier alpha value is -2.67. The largest absolute Gasteiger partial charge is 0.492 e. The molecule has 0 aliphatic heterocycles. The molecule has 142 valence electrons. The molecule has 2 heterocycles. The molecular formula is C20H23N3O3S. The minimum absolute atomic E-state index is 0.0841. The molecule has 7 heteroatoms. The van der Waals surface area contributed by atoms with Crippen LogP contribution in [0.2, 0.25) is 0 Å². The number of hydrogen-bond acceptors (Lipinski definition) is 6. The average molecular weight is 385 g/mol. The van der Waals surface area contributed by atoms with Crippen LogP contribution in [0.1, 0.15) is 24.3 Å². The number of thiophene rings is 1. The lowest BCUT2D eigenvalue weighted by atomic mass is 10.2. The van der Waals surface area contributed by atoms with Gasteiger partial charge in [0.15, 0.2) is 0 Å². The highest BCUT2D eigenvalue weighted by Gasteiger charge is 2.12. The van der Waals surface area contributed by atoms with Crippen LogP contribution >= 0.6 is 11.3 Å². The second-order valence-corrected chi connectivity index (χ2v) is 7.27. The molecule has 0 bridgehead atoms. The number of ether oxygens (including phenoxy) is 1. The number of aryl methyl sites for hydroxylation is 2. The molecular weight excluding hydrogens is 362 g/mol. The van der Waals surface area contributed by atoms with Gasteiger partial charge in [0.25, 0.3) is 0 Å². The van der Waals surface area contributed by atoms with Gasteiger partial charge >= 0.3 is 0 Å². The molecule has 27 heavy (non-hydrogen) atoms.